The zero-order valence-electron chi connectivity index (χ0n) is 10.5. The van der Waals surface area contributed by atoms with Gasteiger partial charge in [-0.25, -0.2) is 4.68 Å². The molecule has 0 radical (unpaired) electrons. The zero-order valence-corrected chi connectivity index (χ0v) is 11.3. The van der Waals surface area contributed by atoms with Crippen LogP contribution in [0, 0.1) is 0 Å². The van der Waals surface area contributed by atoms with Crippen LogP contribution in [0.2, 0.25) is 5.02 Å². The molecule has 3 aromatic rings. The molecule has 98 valence electrons. The van der Waals surface area contributed by atoms with Gasteiger partial charge in [0.1, 0.15) is 5.82 Å². The van der Waals surface area contributed by atoms with Gasteiger partial charge in [0, 0.05) is 5.02 Å². The molecule has 0 atom stereocenters. The van der Waals surface area contributed by atoms with Crippen molar-refractivity contribution in [3.05, 3.63) is 35.0 Å². The predicted molar refractivity (Wildman–Crippen MR) is 76.6 cm³/mol. The van der Waals surface area contributed by atoms with Crippen LogP contribution in [0.15, 0.2) is 24.3 Å². The van der Waals surface area contributed by atoms with Crippen LogP contribution in [-0.2, 0) is 6.42 Å². The molecule has 1 aromatic carbocycles. The molecule has 0 unspecified atom stereocenters. The number of nitrogens with one attached hydrogen (secondary N) is 1. The van der Waals surface area contributed by atoms with E-state index in [1.54, 1.807) is 4.68 Å². The molecule has 3 rings (SSSR count). The standard InChI is InChI=1S/C13H14ClN5/c1-2-4-10-11-12(15)16-17-13(11)19(18-10)9-6-3-5-8(14)7-9/h3,5-7H,2,4H2,1H3,(H3,15,16,17). The Hall–Kier alpha value is -2.01. The van der Waals surface area contributed by atoms with Gasteiger partial charge in [0.2, 0.25) is 0 Å². The summed E-state index contributed by atoms with van der Waals surface area (Å²) < 4.78 is 1.78. The van der Waals surface area contributed by atoms with Crippen LogP contribution in [0.4, 0.5) is 5.82 Å². The number of hydrogen-bond donors (Lipinski definition) is 2. The number of halogens is 1. The Morgan fingerprint density at radius 2 is 2.26 bits per heavy atom. The lowest BCUT2D eigenvalue weighted by Crippen LogP contribution is -1.98. The van der Waals surface area contributed by atoms with Gasteiger partial charge in [-0.2, -0.15) is 10.2 Å². The van der Waals surface area contributed by atoms with Gasteiger partial charge in [0.15, 0.2) is 5.65 Å². The van der Waals surface area contributed by atoms with E-state index in [-0.39, 0.29) is 0 Å². The van der Waals surface area contributed by atoms with Crippen molar-refractivity contribution in [2.45, 2.75) is 19.8 Å². The maximum Gasteiger partial charge on any atom is 0.186 e. The number of H-pyrrole nitrogens is 1. The Morgan fingerprint density at radius 3 is 3.00 bits per heavy atom. The van der Waals surface area contributed by atoms with Crippen molar-refractivity contribution >= 4 is 28.5 Å². The van der Waals surface area contributed by atoms with Crippen molar-refractivity contribution in [3.8, 4) is 5.69 Å². The smallest absolute Gasteiger partial charge is 0.186 e. The highest BCUT2D eigenvalue weighted by Gasteiger charge is 2.16. The van der Waals surface area contributed by atoms with E-state index in [0.717, 1.165) is 35.3 Å². The second kappa shape index (κ2) is 4.59. The highest BCUT2D eigenvalue weighted by atomic mass is 35.5. The minimum Gasteiger partial charge on any atom is -0.383 e. The third kappa shape index (κ3) is 1.96. The number of rotatable bonds is 3. The molecule has 2 aromatic heterocycles. The van der Waals surface area contributed by atoms with E-state index < -0.39 is 0 Å². The maximum atomic E-state index is 6.03. The van der Waals surface area contributed by atoms with Crippen LogP contribution in [0.3, 0.4) is 0 Å². The molecule has 0 saturated carbocycles. The summed E-state index contributed by atoms with van der Waals surface area (Å²) in [6.45, 7) is 2.11. The number of hydrogen-bond acceptors (Lipinski definition) is 3. The van der Waals surface area contributed by atoms with E-state index in [2.05, 4.69) is 22.2 Å². The molecule has 0 aliphatic rings. The number of fused-ring (bicyclic) bond motifs is 1. The molecule has 0 aliphatic heterocycles. The monoisotopic (exact) mass is 275 g/mol. The first-order chi connectivity index (χ1) is 9.20. The van der Waals surface area contributed by atoms with Crippen molar-refractivity contribution in [3.63, 3.8) is 0 Å². The molecule has 0 aliphatic carbocycles. The summed E-state index contributed by atoms with van der Waals surface area (Å²) in [6.07, 6.45) is 1.88. The summed E-state index contributed by atoms with van der Waals surface area (Å²) in [5, 5.41) is 13.2. The molecular weight excluding hydrogens is 262 g/mol. The Kier molecular flexibility index (Phi) is 2.91. The van der Waals surface area contributed by atoms with Crippen molar-refractivity contribution in [1.29, 1.82) is 0 Å². The fourth-order valence-electron chi connectivity index (χ4n) is 2.20. The van der Waals surface area contributed by atoms with E-state index in [1.807, 2.05) is 24.3 Å². The van der Waals surface area contributed by atoms with Crippen LogP contribution in [-0.4, -0.2) is 20.0 Å². The lowest BCUT2D eigenvalue weighted by molar-refractivity contribution is 0.810. The second-order valence-corrected chi connectivity index (χ2v) is 4.86. The number of benzene rings is 1. The fourth-order valence-corrected chi connectivity index (χ4v) is 2.39. The van der Waals surface area contributed by atoms with Crippen LogP contribution in [0.1, 0.15) is 19.0 Å². The van der Waals surface area contributed by atoms with Crippen molar-refractivity contribution in [2.75, 3.05) is 5.73 Å². The average Bonchev–Trinajstić information content (AvgIpc) is 2.93. The first-order valence-corrected chi connectivity index (χ1v) is 6.56. The number of aryl methyl sites for hydroxylation is 1. The van der Waals surface area contributed by atoms with Gasteiger partial charge < -0.3 is 5.73 Å². The van der Waals surface area contributed by atoms with E-state index in [4.69, 9.17) is 17.3 Å². The number of nitrogen functional groups attached to an aromatic ring is 1. The largest absolute Gasteiger partial charge is 0.383 e. The van der Waals surface area contributed by atoms with Crippen molar-refractivity contribution in [1.82, 2.24) is 20.0 Å². The van der Waals surface area contributed by atoms with Gasteiger partial charge in [-0.1, -0.05) is 31.0 Å². The van der Waals surface area contributed by atoms with Crippen LogP contribution >= 0.6 is 11.6 Å². The quantitative estimate of drug-likeness (QED) is 0.772. The fraction of sp³-hybridized carbons (Fsp3) is 0.231. The second-order valence-electron chi connectivity index (χ2n) is 4.42. The number of aromatic nitrogens is 4. The van der Waals surface area contributed by atoms with Crippen LogP contribution < -0.4 is 5.73 Å². The molecule has 6 heteroatoms. The summed E-state index contributed by atoms with van der Waals surface area (Å²) >= 11 is 6.03. The summed E-state index contributed by atoms with van der Waals surface area (Å²) in [5.41, 5.74) is 8.51. The Balaban J connectivity index is 2.24. The van der Waals surface area contributed by atoms with Gasteiger partial charge in [-0.15, -0.1) is 0 Å². The van der Waals surface area contributed by atoms with Crippen LogP contribution in [0.5, 0.6) is 0 Å². The summed E-state index contributed by atoms with van der Waals surface area (Å²) in [4.78, 5) is 0. The molecule has 2 heterocycles. The highest BCUT2D eigenvalue weighted by molar-refractivity contribution is 6.30. The Morgan fingerprint density at radius 1 is 1.42 bits per heavy atom. The maximum absolute atomic E-state index is 6.03. The number of aromatic amines is 1. The molecule has 0 fully saturated rings. The van der Waals surface area contributed by atoms with E-state index in [1.165, 1.54) is 0 Å². The molecule has 0 saturated heterocycles. The van der Waals surface area contributed by atoms with Gasteiger partial charge in [-0.05, 0) is 24.6 Å². The topological polar surface area (TPSA) is 72.5 Å². The summed E-state index contributed by atoms with van der Waals surface area (Å²) in [5.74, 6) is 0.562. The predicted octanol–water partition coefficient (Wildman–Crippen LogP) is 2.94. The molecule has 0 spiro atoms. The van der Waals surface area contributed by atoms with Gasteiger partial charge in [0.25, 0.3) is 0 Å². The first-order valence-electron chi connectivity index (χ1n) is 6.18. The van der Waals surface area contributed by atoms with E-state index in [0.29, 0.717) is 10.8 Å². The molecular formula is C13H14ClN5. The molecule has 0 bridgehead atoms. The van der Waals surface area contributed by atoms with Crippen LogP contribution in [0.25, 0.3) is 16.7 Å². The third-order valence-electron chi connectivity index (χ3n) is 3.02. The van der Waals surface area contributed by atoms with Gasteiger partial charge >= 0.3 is 0 Å². The van der Waals surface area contributed by atoms with Crippen molar-refractivity contribution in [2.24, 2.45) is 0 Å². The van der Waals surface area contributed by atoms with E-state index in [9.17, 15) is 0 Å². The zero-order chi connectivity index (χ0) is 13.4. The molecule has 0 amide bonds. The summed E-state index contributed by atoms with van der Waals surface area (Å²) in [7, 11) is 0. The summed E-state index contributed by atoms with van der Waals surface area (Å²) in [6, 6.07) is 7.52. The molecule has 3 N–H and O–H groups in total. The lowest BCUT2D eigenvalue weighted by Gasteiger charge is -2.01. The third-order valence-corrected chi connectivity index (χ3v) is 3.26. The number of nitrogens with two attached hydrogens (primary N) is 1. The Bertz CT molecular complexity index is 728. The minimum absolute atomic E-state index is 0.562. The molecule has 19 heavy (non-hydrogen) atoms. The highest BCUT2D eigenvalue weighted by Crippen LogP contribution is 2.26. The SMILES string of the molecule is CCCc1nn(-c2cccc(Cl)c2)c2n[nH]c(N)c12. The first kappa shape index (κ1) is 12.0. The lowest BCUT2D eigenvalue weighted by atomic mass is 10.2. The number of nitrogens with zero attached hydrogens (tertiary/aromatic N) is 3. The van der Waals surface area contributed by atoms with Gasteiger partial charge in [0.05, 0.1) is 16.8 Å². The Labute approximate surface area is 115 Å². The van der Waals surface area contributed by atoms with Crippen molar-refractivity contribution < 1.29 is 0 Å². The number of anilines is 1. The molecule has 5 nitrogen and oxygen atoms in total. The minimum atomic E-state index is 0.562. The van der Waals surface area contributed by atoms with Gasteiger partial charge in [-0.3, -0.25) is 5.10 Å². The normalized spacial score (nSPS) is 11.3. The van der Waals surface area contributed by atoms with E-state index >= 15 is 0 Å². The average molecular weight is 276 g/mol.